The molecule has 0 N–H and O–H groups in total. The van der Waals surface area contributed by atoms with Crippen LogP contribution in [0.2, 0.25) is 8.87 Å². The fraction of sp³-hybridized carbons (Fsp3) is 0.947. The van der Waals surface area contributed by atoms with E-state index in [0.29, 0.717) is 18.8 Å². The van der Waals surface area contributed by atoms with Crippen molar-refractivity contribution in [3.63, 3.8) is 0 Å². The molecule has 2 radical (unpaired) electrons. The van der Waals surface area contributed by atoms with E-state index in [4.69, 9.17) is 4.74 Å². The van der Waals surface area contributed by atoms with E-state index >= 15 is 0 Å². The Bertz CT molecular complexity index is 229. The molecule has 0 heterocycles. The average Bonchev–Trinajstić information content (AvgIpc) is 2.51. The third-order valence-corrected chi connectivity index (χ3v) is 7.68. The zero-order valence-electron chi connectivity index (χ0n) is 16.0. The number of thiol groups is 1. The number of carbonyl (C=O) groups is 1. The normalized spacial score (nSPS) is 10.3. The van der Waals surface area contributed by atoms with Gasteiger partial charge in [0.15, 0.2) is 0 Å². The molecule has 0 unspecified atom stereocenters. The molecule has 0 amide bonds. The first kappa shape index (κ1) is 25.9. The van der Waals surface area contributed by atoms with Crippen LogP contribution in [0.25, 0.3) is 0 Å². The zero-order chi connectivity index (χ0) is 17.8. The minimum absolute atomic E-state index is 0.121. The van der Waals surface area contributed by atoms with E-state index in [9.17, 15) is 4.79 Å². The van der Waals surface area contributed by atoms with Crippen LogP contribution in [0.1, 0.15) is 85.5 Å². The first-order chi connectivity index (χ1) is 11.1. The number of hydrogen-bond acceptors (Lipinski definition) is 3. The van der Waals surface area contributed by atoms with E-state index in [-0.39, 0.29) is 27.1 Å². The van der Waals surface area contributed by atoms with Gasteiger partial charge in [-0.15, -0.1) is 0 Å². The van der Waals surface area contributed by atoms with E-state index in [0.717, 1.165) is 18.8 Å². The Hall–Kier alpha value is 0.619. The molecule has 0 aromatic heterocycles. The number of rotatable bonds is 14. The number of ether oxygens (including phenoxy) is 1. The SMILES string of the molecule is CC(C)CCCCCOC(=O)CCS.CCC[CH2][Sn][CH2]CCC. The number of hydrogen-bond donors (Lipinski definition) is 1. The van der Waals surface area contributed by atoms with Crippen LogP contribution in [-0.4, -0.2) is 39.5 Å². The Morgan fingerprint density at radius 2 is 1.61 bits per heavy atom. The molecule has 0 aromatic rings. The molecule has 0 saturated carbocycles. The van der Waals surface area contributed by atoms with E-state index in [1.54, 1.807) is 8.87 Å². The van der Waals surface area contributed by atoms with Crippen molar-refractivity contribution in [3.05, 3.63) is 0 Å². The van der Waals surface area contributed by atoms with E-state index in [2.05, 4.69) is 40.3 Å². The molecule has 2 nitrogen and oxygen atoms in total. The summed E-state index contributed by atoms with van der Waals surface area (Å²) < 4.78 is 8.25. The number of esters is 1. The second-order valence-corrected chi connectivity index (χ2v) is 11.1. The van der Waals surface area contributed by atoms with E-state index < -0.39 is 0 Å². The molecule has 138 valence electrons. The van der Waals surface area contributed by atoms with Gasteiger partial charge in [-0.1, -0.05) is 33.1 Å². The summed E-state index contributed by atoms with van der Waals surface area (Å²) in [6.07, 6.45) is 10.9. The monoisotopic (exact) mass is 452 g/mol. The van der Waals surface area contributed by atoms with Gasteiger partial charge in [0.25, 0.3) is 0 Å². The minimum atomic E-state index is -0.121. The quantitative estimate of drug-likeness (QED) is 0.148. The van der Waals surface area contributed by atoms with Crippen LogP contribution in [0.15, 0.2) is 0 Å². The fourth-order valence-electron chi connectivity index (χ4n) is 1.91. The van der Waals surface area contributed by atoms with Gasteiger partial charge in [-0.25, -0.2) is 0 Å². The molecule has 0 atom stereocenters. The summed E-state index contributed by atoms with van der Waals surface area (Å²) in [6, 6.07) is 0. The molecule has 0 spiro atoms. The van der Waals surface area contributed by atoms with Crippen molar-refractivity contribution in [3.8, 4) is 0 Å². The summed E-state index contributed by atoms with van der Waals surface area (Å²) in [7, 11) is 0. The summed E-state index contributed by atoms with van der Waals surface area (Å²) in [6.45, 7) is 9.61. The van der Waals surface area contributed by atoms with E-state index in [1.165, 1.54) is 38.5 Å². The van der Waals surface area contributed by atoms with Crippen LogP contribution in [0.4, 0.5) is 0 Å². The van der Waals surface area contributed by atoms with Crippen molar-refractivity contribution in [2.75, 3.05) is 12.4 Å². The second-order valence-electron chi connectivity index (χ2n) is 6.39. The molecule has 0 bridgehead atoms. The van der Waals surface area contributed by atoms with Crippen LogP contribution < -0.4 is 0 Å². The molecule has 4 heteroatoms. The van der Waals surface area contributed by atoms with Gasteiger partial charge < -0.3 is 4.74 Å². The summed E-state index contributed by atoms with van der Waals surface area (Å²) in [4.78, 5) is 10.9. The summed E-state index contributed by atoms with van der Waals surface area (Å²) in [5, 5.41) is 0. The summed E-state index contributed by atoms with van der Waals surface area (Å²) in [5.41, 5.74) is 0. The predicted molar refractivity (Wildman–Crippen MR) is 108 cm³/mol. The topological polar surface area (TPSA) is 26.3 Å². The van der Waals surface area contributed by atoms with Gasteiger partial charge in [0.05, 0.1) is 13.0 Å². The molecule has 0 fully saturated rings. The van der Waals surface area contributed by atoms with Gasteiger partial charge >= 0.3 is 75.5 Å². The maximum absolute atomic E-state index is 10.9. The van der Waals surface area contributed by atoms with Crippen molar-refractivity contribution < 1.29 is 9.53 Å². The molecule has 23 heavy (non-hydrogen) atoms. The summed E-state index contributed by atoms with van der Waals surface area (Å²) in [5.74, 6) is 1.23. The van der Waals surface area contributed by atoms with Gasteiger partial charge in [0, 0.05) is 5.75 Å². The second kappa shape index (κ2) is 22.6. The Labute approximate surface area is 161 Å². The van der Waals surface area contributed by atoms with Crippen molar-refractivity contribution in [2.45, 2.75) is 94.4 Å². The maximum atomic E-state index is 10.9. The van der Waals surface area contributed by atoms with Crippen LogP contribution in [0.5, 0.6) is 0 Å². The molecule has 0 saturated heterocycles. The summed E-state index contributed by atoms with van der Waals surface area (Å²) >= 11 is 4.11. The van der Waals surface area contributed by atoms with Crippen molar-refractivity contribution in [1.29, 1.82) is 0 Å². The van der Waals surface area contributed by atoms with Gasteiger partial charge in [-0.05, 0) is 12.3 Å². The van der Waals surface area contributed by atoms with Gasteiger partial charge in [0.1, 0.15) is 0 Å². The Balaban J connectivity index is 0. The van der Waals surface area contributed by atoms with Gasteiger partial charge in [-0.2, -0.15) is 12.6 Å². The fourth-order valence-corrected chi connectivity index (χ4v) is 6.25. The molecule has 0 aliphatic rings. The van der Waals surface area contributed by atoms with E-state index in [1.807, 2.05) is 0 Å². The molecule has 0 aromatic carbocycles. The van der Waals surface area contributed by atoms with Crippen molar-refractivity contribution in [2.24, 2.45) is 5.92 Å². The number of carbonyl (C=O) groups excluding carboxylic acids is 1. The predicted octanol–water partition coefficient (Wildman–Crippen LogP) is 6.19. The van der Waals surface area contributed by atoms with Crippen LogP contribution in [0.3, 0.4) is 0 Å². The Morgan fingerprint density at radius 3 is 2.09 bits per heavy atom. The van der Waals surface area contributed by atoms with Crippen LogP contribution >= 0.6 is 12.6 Å². The molecule has 0 aliphatic carbocycles. The van der Waals surface area contributed by atoms with Gasteiger partial charge in [-0.3, -0.25) is 4.79 Å². The molecule has 0 rings (SSSR count). The standard InChI is InChI=1S/C11H22O2S.2C4H9.Sn/c1-10(2)6-4-3-5-8-13-11(12)7-9-14;2*1-3-4-2;/h10,14H,3-9H2,1-2H3;2*1,3-4H2,2H3;. The first-order valence-electron chi connectivity index (χ1n) is 9.55. The average molecular weight is 451 g/mol. The Kier molecular flexibility index (Phi) is 25.4. The van der Waals surface area contributed by atoms with Gasteiger partial charge in [0.2, 0.25) is 0 Å². The van der Waals surface area contributed by atoms with Crippen molar-refractivity contribution in [1.82, 2.24) is 0 Å². The number of unbranched alkanes of at least 4 members (excludes halogenated alkanes) is 4. The van der Waals surface area contributed by atoms with Crippen molar-refractivity contribution >= 4 is 39.7 Å². The molecule has 0 aliphatic heterocycles. The third kappa shape index (κ3) is 27.7. The first-order valence-corrected chi connectivity index (χ1v) is 14.2. The third-order valence-electron chi connectivity index (χ3n) is 3.42. The molecular formula is C19H40O2SSn. The van der Waals surface area contributed by atoms with Crippen LogP contribution in [-0.2, 0) is 9.53 Å². The Morgan fingerprint density at radius 1 is 1.00 bits per heavy atom. The zero-order valence-corrected chi connectivity index (χ0v) is 19.8. The van der Waals surface area contributed by atoms with Crippen LogP contribution in [0, 0.1) is 5.92 Å². The molecular weight excluding hydrogens is 411 g/mol.